The second-order valence-electron chi connectivity index (χ2n) is 6.71. The Hall–Kier alpha value is -1.55. The normalized spacial score (nSPS) is 21.0. The van der Waals surface area contributed by atoms with Gasteiger partial charge in [0.2, 0.25) is 0 Å². The largest absolute Gasteiger partial charge is 0.348 e. The van der Waals surface area contributed by atoms with Crippen molar-refractivity contribution in [2.45, 2.75) is 57.2 Å². The number of nitrogens with zero attached hydrogens (tertiary/aromatic N) is 3. The Balaban J connectivity index is 1.43. The molecular formula is C17H24N4. The Morgan fingerprint density at radius 1 is 1.14 bits per heavy atom. The van der Waals surface area contributed by atoms with Gasteiger partial charge in [-0.25, -0.2) is 0 Å². The molecule has 4 rings (SSSR count). The maximum Gasteiger partial charge on any atom is 0.0821 e. The van der Waals surface area contributed by atoms with Crippen molar-refractivity contribution in [2.75, 3.05) is 0 Å². The van der Waals surface area contributed by atoms with E-state index in [1.807, 2.05) is 0 Å². The highest BCUT2D eigenvalue weighted by molar-refractivity contribution is 5.18. The summed E-state index contributed by atoms with van der Waals surface area (Å²) in [6, 6.07) is 5.17. The molecule has 0 aliphatic heterocycles. The fraction of sp³-hybridized carbons (Fsp3) is 0.588. The van der Waals surface area contributed by atoms with Gasteiger partial charge >= 0.3 is 0 Å². The minimum atomic E-state index is 0.224. The summed E-state index contributed by atoms with van der Waals surface area (Å²) in [6.45, 7) is 0.844. The van der Waals surface area contributed by atoms with Crippen molar-refractivity contribution < 1.29 is 0 Å². The van der Waals surface area contributed by atoms with Crippen molar-refractivity contribution in [1.82, 2.24) is 14.3 Å². The van der Waals surface area contributed by atoms with Gasteiger partial charge in [0.1, 0.15) is 0 Å². The molecule has 2 aliphatic carbocycles. The van der Waals surface area contributed by atoms with Crippen LogP contribution in [-0.4, -0.2) is 14.3 Å². The summed E-state index contributed by atoms with van der Waals surface area (Å²) in [5, 5.41) is 4.75. The first-order valence-corrected chi connectivity index (χ1v) is 8.25. The summed E-state index contributed by atoms with van der Waals surface area (Å²) in [6.07, 6.45) is 14.3. The van der Waals surface area contributed by atoms with Crippen LogP contribution in [0.2, 0.25) is 0 Å². The third-order valence-electron chi connectivity index (χ3n) is 5.00. The van der Waals surface area contributed by atoms with Crippen LogP contribution < -0.4 is 5.73 Å². The Labute approximate surface area is 125 Å². The fourth-order valence-electron chi connectivity index (χ4n) is 3.50. The first kappa shape index (κ1) is 13.1. The van der Waals surface area contributed by atoms with Gasteiger partial charge in [0, 0.05) is 24.6 Å². The van der Waals surface area contributed by atoms with E-state index in [-0.39, 0.29) is 6.04 Å². The van der Waals surface area contributed by atoms with E-state index in [0.29, 0.717) is 12.0 Å². The summed E-state index contributed by atoms with van der Waals surface area (Å²) in [5.41, 5.74) is 8.67. The Kier molecular flexibility index (Phi) is 3.34. The Morgan fingerprint density at radius 2 is 1.95 bits per heavy atom. The third-order valence-corrected chi connectivity index (χ3v) is 5.00. The predicted molar refractivity (Wildman–Crippen MR) is 82.9 cm³/mol. The van der Waals surface area contributed by atoms with Crippen molar-refractivity contribution in [3.63, 3.8) is 0 Å². The van der Waals surface area contributed by atoms with Crippen molar-refractivity contribution in [3.05, 3.63) is 42.0 Å². The summed E-state index contributed by atoms with van der Waals surface area (Å²) in [7, 11) is 0. The van der Waals surface area contributed by atoms with Crippen LogP contribution in [-0.2, 0) is 6.54 Å². The molecule has 0 saturated heterocycles. The van der Waals surface area contributed by atoms with Crippen LogP contribution >= 0.6 is 0 Å². The van der Waals surface area contributed by atoms with Gasteiger partial charge in [-0.3, -0.25) is 4.68 Å². The van der Waals surface area contributed by atoms with E-state index in [9.17, 15) is 0 Å². The highest BCUT2D eigenvalue weighted by Crippen LogP contribution is 2.39. The molecule has 2 aliphatic rings. The SMILES string of the molecule is NC(c1ccn(Cc2ccn(C3CCCC3)n2)c1)C1CC1. The zero-order valence-electron chi connectivity index (χ0n) is 12.5. The first-order chi connectivity index (χ1) is 10.3. The van der Waals surface area contributed by atoms with Crippen LogP contribution in [0.4, 0.5) is 0 Å². The lowest BCUT2D eigenvalue weighted by Crippen LogP contribution is -2.11. The zero-order valence-corrected chi connectivity index (χ0v) is 12.5. The molecule has 2 aromatic rings. The average Bonchev–Trinajstić information content (AvgIpc) is 2.93. The van der Waals surface area contributed by atoms with Gasteiger partial charge < -0.3 is 10.3 Å². The highest BCUT2D eigenvalue weighted by atomic mass is 15.3. The molecule has 0 bridgehead atoms. The van der Waals surface area contributed by atoms with Gasteiger partial charge in [-0.1, -0.05) is 12.8 Å². The van der Waals surface area contributed by atoms with Crippen molar-refractivity contribution >= 4 is 0 Å². The monoisotopic (exact) mass is 284 g/mol. The second kappa shape index (κ2) is 5.34. The molecule has 112 valence electrons. The van der Waals surface area contributed by atoms with Gasteiger partial charge in [0.15, 0.2) is 0 Å². The molecule has 21 heavy (non-hydrogen) atoms. The van der Waals surface area contributed by atoms with Gasteiger partial charge in [0.25, 0.3) is 0 Å². The number of aromatic nitrogens is 3. The molecule has 0 aromatic carbocycles. The number of hydrogen-bond acceptors (Lipinski definition) is 2. The second-order valence-corrected chi connectivity index (χ2v) is 6.71. The predicted octanol–water partition coefficient (Wildman–Crippen LogP) is 3.26. The van der Waals surface area contributed by atoms with Crippen LogP contribution in [0.15, 0.2) is 30.7 Å². The standard InChI is InChI=1S/C17H24N4/c18-17(13-5-6-13)14-7-9-20(11-14)12-15-8-10-21(19-15)16-3-1-2-4-16/h7-11,13,16-17H,1-6,12,18H2. The molecule has 2 saturated carbocycles. The van der Waals surface area contributed by atoms with Crippen molar-refractivity contribution in [1.29, 1.82) is 0 Å². The Bertz CT molecular complexity index is 564. The fourth-order valence-corrected chi connectivity index (χ4v) is 3.50. The molecule has 0 radical (unpaired) electrons. The molecule has 1 unspecified atom stereocenters. The minimum absolute atomic E-state index is 0.224. The third kappa shape index (κ3) is 2.77. The molecule has 0 amide bonds. The smallest absolute Gasteiger partial charge is 0.0821 e. The first-order valence-electron chi connectivity index (χ1n) is 8.25. The lowest BCUT2D eigenvalue weighted by atomic mass is 10.1. The quantitative estimate of drug-likeness (QED) is 0.916. The maximum atomic E-state index is 6.26. The van der Waals surface area contributed by atoms with E-state index in [0.717, 1.165) is 12.2 Å². The van der Waals surface area contributed by atoms with Gasteiger partial charge in [-0.2, -0.15) is 5.10 Å². The van der Waals surface area contributed by atoms with E-state index in [1.54, 1.807) is 0 Å². The summed E-state index contributed by atoms with van der Waals surface area (Å²) in [5.74, 6) is 0.711. The highest BCUT2D eigenvalue weighted by Gasteiger charge is 2.29. The minimum Gasteiger partial charge on any atom is -0.348 e. The Morgan fingerprint density at radius 3 is 2.71 bits per heavy atom. The van der Waals surface area contributed by atoms with Crippen LogP contribution in [0.5, 0.6) is 0 Å². The molecule has 2 heterocycles. The van der Waals surface area contributed by atoms with Crippen LogP contribution in [0.1, 0.15) is 61.9 Å². The topological polar surface area (TPSA) is 48.8 Å². The van der Waals surface area contributed by atoms with Crippen LogP contribution in [0, 0.1) is 5.92 Å². The number of hydrogen-bond donors (Lipinski definition) is 1. The van der Waals surface area contributed by atoms with Crippen molar-refractivity contribution in [3.8, 4) is 0 Å². The van der Waals surface area contributed by atoms with Gasteiger partial charge in [-0.15, -0.1) is 0 Å². The summed E-state index contributed by atoms with van der Waals surface area (Å²) in [4.78, 5) is 0. The summed E-state index contributed by atoms with van der Waals surface area (Å²) >= 11 is 0. The van der Waals surface area contributed by atoms with E-state index < -0.39 is 0 Å². The van der Waals surface area contributed by atoms with Gasteiger partial charge in [0.05, 0.1) is 18.3 Å². The van der Waals surface area contributed by atoms with Crippen LogP contribution in [0.3, 0.4) is 0 Å². The zero-order chi connectivity index (χ0) is 14.2. The lowest BCUT2D eigenvalue weighted by Gasteiger charge is -2.09. The van der Waals surface area contributed by atoms with E-state index >= 15 is 0 Å². The molecule has 0 spiro atoms. The van der Waals surface area contributed by atoms with Crippen molar-refractivity contribution in [2.24, 2.45) is 11.7 Å². The molecule has 2 N–H and O–H groups in total. The number of nitrogens with two attached hydrogens (primary N) is 1. The molecule has 4 heteroatoms. The van der Waals surface area contributed by atoms with Gasteiger partial charge in [-0.05, 0) is 49.3 Å². The molecular weight excluding hydrogens is 260 g/mol. The molecule has 1 atom stereocenters. The van der Waals surface area contributed by atoms with E-state index in [1.165, 1.54) is 44.1 Å². The van der Waals surface area contributed by atoms with E-state index in [2.05, 4.69) is 40.0 Å². The molecule has 2 aromatic heterocycles. The molecule has 4 nitrogen and oxygen atoms in total. The van der Waals surface area contributed by atoms with E-state index in [4.69, 9.17) is 10.8 Å². The average molecular weight is 284 g/mol. The summed E-state index contributed by atoms with van der Waals surface area (Å²) < 4.78 is 4.38. The number of rotatable bonds is 5. The van der Waals surface area contributed by atoms with Crippen LogP contribution in [0.25, 0.3) is 0 Å². The maximum absolute atomic E-state index is 6.26. The molecule has 2 fully saturated rings. The lowest BCUT2D eigenvalue weighted by molar-refractivity contribution is 0.461.